The van der Waals surface area contributed by atoms with Gasteiger partial charge in [-0.25, -0.2) is 23.1 Å². The summed E-state index contributed by atoms with van der Waals surface area (Å²) < 4.78 is 89.5. The molecule has 0 atom stereocenters. The zero-order chi connectivity index (χ0) is 26.3. The van der Waals surface area contributed by atoms with E-state index in [9.17, 15) is 26.3 Å². The Bertz CT molecular complexity index is 1580. The van der Waals surface area contributed by atoms with Crippen LogP contribution in [0.4, 0.5) is 26.3 Å². The molecular formula is C25H15F6N5O. The maximum atomic E-state index is 14.9. The van der Waals surface area contributed by atoms with E-state index >= 15 is 0 Å². The Kier molecular flexibility index (Phi) is 6.02. The number of rotatable bonds is 5. The summed E-state index contributed by atoms with van der Waals surface area (Å²) in [4.78, 5) is 12.3. The standard InChI is InChI=1S/C25H15F6N5O/c1-37-14-5-6-15(17(8-14)25(29,30)31)23-19(27)7-13(9-32-23)11-36-12-21-20(10-33-36)34-24(35-21)16-3-2-4-18(26)22(16)28/h2-10,12H,11H2,1H3. The number of halogens is 6. The summed E-state index contributed by atoms with van der Waals surface area (Å²) in [7, 11) is 1.23. The second-order valence-corrected chi connectivity index (χ2v) is 7.97. The van der Waals surface area contributed by atoms with Crippen LogP contribution in [0, 0.1) is 17.5 Å². The van der Waals surface area contributed by atoms with Crippen molar-refractivity contribution in [1.29, 1.82) is 0 Å². The predicted molar refractivity (Wildman–Crippen MR) is 120 cm³/mol. The van der Waals surface area contributed by atoms with Gasteiger partial charge in [0.2, 0.25) is 0 Å². The van der Waals surface area contributed by atoms with Gasteiger partial charge in [-0.1, -0.05) is 6.07 Å². The van der Waals surface area contributed by atoms with E-state index in [-0.39, 0.29) is 23.7 Å². The molecule has 3 heterocycles. The van der Waals surface area contributed by atoms with E-state index in [0.717, 1.165) is 24.3 Å². The van der Waals surface area contributed by atoms with Gasteiger partial charge < -0.3 is 4.74 Å². The zero-order valence-corrected chi connectivity index (χ0v) is 18.9. The first-order valence-corrected chi connectivity index (χ1v) is 10.7. The molecule has 0 amide bonds. The summed E-state index contributed by atoms with van der Waals surface area (Å²) in [6, 6.07) is 7.90. The first-order chi connectivity index (χ1) is 17.6. The van der Waals surface area contributed by atoms with Gasteiger partial charge >= 0.3 is 6.18 Å². The molecule has 0 spiro atoms. The predicted octanol–water partition coefficient (Wildman–Crippen LogP) is 6.00. The van der Waals surface area contributed by atoms with Crippen LogP contribution < -0.4 is 4.74 Å². The van der Waals surface area contributed by atoms with E-state index in [0.29, 0.717) is 17.0 Å². The van der Waals surface area contributed by atoms with E-state index < -0.39 is 40.4 Å². The average Bonchev–Trinajstić information content (AvgIpc) is 3.28. The highest BCUT2D eigenvalue weighted by Gasteiger charge is 2.35. The van der Waals surface area contributed by atoms with Crippen LogP contribution >= 0.6 is 0 Å². The third-order valence-corrected chi connectivity index (χ3v) is 5.54. The van der Waals surface area contributed by atoms with Gasteiger partial charge in [0.1, 0.15) is 28.6 Å². The molecule has 0 fully saturated rings. The fourth-order valence-electron chi connectivity index (χ4n) is 3.79. The van der Waals surface area contributed by atoms with Crippen molar-refractivity contribution in [2.24, 2.45) is 0 Å². The van der Waals surface area contributed by atoms with Crippen LogP contribution in [0.5, 0.6) is 5.75 Å². The Morgan fingerprint density at radius 1 is 0.892 bits per heavy atom. The molecule has 0 saturated heterocycles. The maximum absolute atomic E-state index is 14.9. The monoisotopic (exact) mass is 515 g/mol. The largest absolute Gasteiger partial charge is 0.497 e. The lowest BCUT2D eigenvalue weighted by Gasteiger charge is -2.15. The fraction of sp³-hybridized carbons (Fsp3) is 0.120. The van der Waals surface area contributed by atoms with Gasteiger partial charge in [0.25, 0.3) is 0 Å². The minimum Gasteiger partial charge on any atom is -0.497 e. The normalized spacial score (nSPS) is 11.8. The zero-order valence-electron chi connectivity index (χ0n) is 18.9. The van der Waals surface area contributed by atoms with Crippen LogP contribution in [-0.2, 0) is 12.7 Å². The number of methoxy groups -OCH3 is 1. The number of pyridine rings is 1. The van der Waals surface area contributed by atoms with Crippen molar-refractivity contribution in [3.63, 3.8) is 0 Å². The molecule has 6 nitrogen and oxygen atoms in total. The van der Waals surface area contributed by atoms with E-state index in [1.165, 1.54) is 48.6 Å². The molecule has 2 aromatic carbocycles. The maximum Gasteiger partial charge on any atom is 0.417 e. The van der Waals surface area contributed by atoms with Crippen molar-refractivity contribution >= 4 is 0 Å². The average molecular weight is 515 g/mol. The number of hydrogen-bond donors (Lipinski definition) is 0. The van der Waals surface area contributed by atoms with Crippen LogP contribution in [0.25, 0.3) is 34.0 Å². The van der Waals surface area contributed by atoms with Gasteiger partial charge in [-0.15, -0.1) is 0 Å². The van der Waals surface area contributed by atoms with E-state index in [1.54, 1.807) is 0 Å². The van der Waals surface area contributed by atoms with Crippen LogP contribution in [0.3, 0.4) is 0 Å². The van der Waals surface area contributed by atoms with E-state index in [1.807, 2.05) is 0 Å². The molecule has 0 saturated carbocycles. The second kappa shape index (κ2) is 9.19. The minimum atomic E-state index is -4.75. The van der Waals surface area contributed by atoms with E-state index in [2.05, 4.69) is 20.1 Å². The smallest absolute Gasteiger partial charge is 0.417 e. The lowest BCUT2D eigenvalue weighted by atomic mass is 10.0. The second-order valence-electron chi connectivity index (χ2n) is 7.97. The van der Waals surface area contributed by atoms with Crippen molar-refractivity contribution in [3.8, 4) is 39.8 Å². The molecular weight excluding hydrogens is 500 g/mol. The molecule has 0 radical (unpaired) electrons. The van der Waals surface area contributed by atoms with Crippen molar-refractivity contribution in [2.75, 3.05) is 7.11 Å². The SMILES string of the molecule is COc1ccc(-c2ncc(Cn3cc4nc(-c5cccc(F)c5F)nc-4cn3)cc2F)c(C(F)(F)F)c1. The number of hydrogen-bond acceptors (Lipinski definition) is 5. The minimum absolute atomic E-state index is 0.00536. The van der Waals surface area contributed by atoms with Crippen LogP contribution in [0.15, 0.2) is 61.1 Å². The fourth-order valence-corrected chi connectivity index (χ4v) is 3.79. The van der Waals surface area contributed by atoms with Crippen LogP contribution in [0.2, 0.25) is 0 Å². The van der Waals surface area contributed by atoms with Crippen molar-refractivity contribution < 1.29 is 31.1 Å². The van der Waals surface area contributed by atoms with Crippen molar-refractivity contribution in [1.82, 2.24) is 24.7 Å². The summed E-state index contributed by atoms with van der Waals surface area (Å²) in [6.45, 7) is 0.00536. The molecule has 2 aliphatic rings. The quantitative estimate of drug-likeness (QED) is 0.269. The molecule has 5 rings (SSSR count). The lowest BCUT2D eigenvalue weighted by Crippen LogP contribution is -2.10. The van der Waals surface area contributed by atoms with Crippen molar-refractivity contribution in [3.05, 3.63) is 89.6 Å². The number of fused-ring (bicyclic) bond motifs is 1. The lowest BCUT2D eigenvalue weighted by molar-refractivity contribution is -0.137. The summed E-state index contributed by atoms with van der Waals surface area (Å²) in [5.41, 5.74) is -1.10. The van der Waals surface area contributed by atoms with Gasteiger partial charge in [0.15, 0.2) is 17.5 Å². The Morgan fingerprint density at radius 3 is 2.41 bits per heavy atom. The number of aromatic nitrogens is 5. The highest BCUT2D eigenvalue weighted by Crippen LogP contribution is 2.39. The highest BCUT2D eigenvalue weighted by atomic mass is 19.4. The molecule has 1 aromatic heterocycles. The molecule has 0 aliphatic carbocycles. The molecule has 0 bridgehead atoms. The Labute approximate surface area is 205 Å². The Hall–Kier alpha value is -4.48. The Morgan fingerprint density at radius 2 is 1.68 bits per heavy atom. The summed E-state index contributed by atoms with van der Waals surface area (Å²) in [6.07, 6.45) is -0.681. The third-order valence-electron chi connectivity index (χ3n) is 5.54. The van der Waals surface area contributed by atoms with Gasteiger partial charge in [-0.05, 0) is 42.0 Å². The van der Waals surface area contributed by atoms with E-state index in [4.69, 9.17) is 4.74 Å². The molecule has 3 aromatic rings. The number of benzene rings is 2. The molecule has 0 unspecified atom stereocenters. The molecule has 2 aliphatic heterocycles. The van der Waals surface area contributed by atoms with Gasteiger partial charge in [-0.3, -0.25) is 9.67 Å². The summed E-state index contributed by atoms with van der Waals surface area (Å²) in [5, 5.41) is 4.16. The number of nitrogens with zero attached hydrogens (tertiary/aromatic N) is 5. The van der Waals surface area contributed by atoms with Gasteiger partial charge in [0, 0.05) is 11.8 Å². The summed E-state index contributed by atoms with van der Waals surface area (Å²) >= 11 is 0. The third kappa shape index (κ3) is 4.69. The topological polar surface area (TPSA) is 65.7 Å². The highest BCUT2D eigenvalue weighted by molar-refractivity contribution is 5.67. The number of ether oxygens (including phenoxy) is 1. The van der Waals surface area contributed by atoms with Gasteiger partial charge in [0.05, 0.1) is 37.2 Å². The first-order valence-electron chi connectivity index (χ1n) is 10.7. The number of alkyl halides is 3. The van der Waals surface area contributed by atoms with Gasteiger partial charge in [-0.2, -0.15) is 18.3 Å². The first kappa shape index (κ1) is 24.2. The molecule has 37 heavy (non-hydrogen) atoms. The molecule has 0 N–H and O–H groups in total. The molecule has 188 valence electrons. The van der Waals surface area contributed by atoms with Crippen molar-refractivity contribution in [2.45, 2.75) is 12.7 Å². The van der Waals surface area contributed by atoms with Crippen LogP contribution in [0.1, 0.15) is 11.1 Å². The number of imidazole rings is 1. The molecule has 12 heteroatoms. The summed E-state index contributed by atoms with van der Waals surface area (Å²) in [5.74, 6) is -3.11. The van der Waals surface area contributed by atoms with Crippen LogP contribution in [-0.4, -0.2) is 31.8 Å². The Balaban J connectivity index is 1.44.